The Morgan fingerprint density at radius 1 is 0.865 bits per heavy atom. The van der Waals surface area contributed by atoms with E-state index in [9.17, 15) is 4.79 Å². The van der Waals surface area contributed by atoms with E-state index in [1.165, 1.54) is 16.5 Å². The predicted octanol–water partition coefficient (Wildman–Crippen LogP) is 7.59. The highest BCUT2D eigenvalue weighted by molar-refractivity contribution is 6.01. The molecule has 0 aliphatic heterocycles. The second kappa shape index (κ2) is 10.1. The standard InChI is InChI=1S/C33H31N3O/c1-2-36-31(33(37)34-29-19-11-9-14-24-13-8-10-18-28(24)29)30(35-32(36)25-15-4-3-5-16-25)27-21-20-23-12-6-7-17-26(23)22-27/h3-8,10,12-13,15-18,20-22,29H,2,9,11,14,19H2,1H3,(H,34,37). The van der Waals surface area contributed by atoms with Crippen LogP contribution in [0.4, 0.5) is 0 Å². The molecule has 1 atom stereocenters. The smallest absolute Gasteiger partial charge is 0.270 e. The molecule has 0 bridgehead atoms. The van der Waals surface area contributed by atoms with Gasteiger partial charge in [-0.25, -0.2) is 4.98 Å². The first-order valence-electron chi connectivity index (χ1n) is 13.3. The first-order valence-corrected chi connectivity index (χ1v) is 13.3. The quantitative estimate of drug-likeness (QED) is 0.261. The maximum atomic E-state index is 14.1. The van der Waals surface area contributed by atoms with E-state index < -0.39 is 0 Å². The SMILES string of the molecule is CCn1c(-c2ccccc2)nc(-c2ccc3ccccc3c2)c1C(=O)NC1CCCCc2ccccc21. The van der Waals surface area contributed by atoms with Gasteiger partial charge in [0.1, 0.15) is 17.2 Å². The Morgan fingerprint density at radius 2 is 1.62 bits per heavy atom. The topological polar surface area (TPSA) is 46.9 Å². The van der Waals surface area contributed by atoms with Gasteiger partial charge in [0.15, 0.2) is 0 Å². The Labute approximate surface area is 218 Å². The van der Waals surface area contributed by atoms with Crippen LogP contribution in [-0.4, -0.2) is 15.5 Å². The lowest BCUT2D eigenvalue weighted by atomic mass is 9.98. The van der Waals surface area contributed by atoms with Crippen LogP contribution in [0.15, 0.2) is 97.1 Å². The minimum Gasteiger partial charge on any atom is -0.344 e. The highest BCUT2D eigenvalue weighted by atomic mass is 16.2. The largest absolute Gasteiger partial charge is 0.344 e. The Morgan fingerprint density at radius 3 is 2.46 bits per heavy atom. The summed E-state index contributed by atoms with van der Waals surface area (Å²) < 4.78 is 2.07. The van der Waals surface area contributed by atoms with Crippen molar-refractivity contribution in [2.45, 2.75) is 45.2 Å². The second-order valence-electron chi connectivity index (χ2n) is 9.78. The lowest BCUT2D eigenvalue weighted by molar-refractivity contribution is 0.0926. The van der Waals surface area contributed by atoms with Crippen LogP contribution in [0.5, 0.6) is 0 Å². The molecule has 1 aliphatic carbocycles. The van der Waals surface area contributed by atoms with Crippen molar-refractivity contribution in [3.8, 4) is 22.6 Å². The number of carbonyl (C=O) groups is 1. The molecule has 4 nitrogen and oxygen atoms in total. The fraction of sp³-hybridized carbons (Fsp3) is 0.212. The maximum Gasteiger partial charge on any atom is 0.270 e. The minimum absolute atomic E-state index is 0.00367. The fourth-order valence-electron chi connectivity index (χ4n) is 5.63. The number of nitrogens with zero attached hydrogens (tertiary/aromatic N) is 2. The van der Waals surface area contributed by atoms with Gasteiger partial charge in [-0.15, -0.1) is 0 Å². The molecule has 1 aliphatic rings. The lowest BCUT2D eigenvalue weighted by Gasteiger charge is -2.20. The molecule has 4 aromatic carbocycles. The van der Waals surface area contributed by atoms with Crippen molar-refractivity contribution in [1.82, 2.24) is 14.9 Å². The van der Waals surface area contributed by atoms with Crippen LogP contribution in [0.3, 0.4) is 0 Å². The van der Waals surface area contributed by atoms with E-state index in [4.69, 9.17) is 4.98 Å². The number of amides is 1. The Bertz CT molecular complexity index is 1570. The predicted molar refractivity (Wildman–Crippen MR) is 150 cm³/mol. The number of imidazole rings is 1. The number of carbonyl (C=O) groups excluding carboxylic acids is 1. The first-order chi connectivity index (χ1) is 18.2. The Hall–Kier alpha value is -4.18. The molecule has 184 valence electrons. The van der Waals surface area contributed by atoms with E-state index in [1.54, 1.807) is 0 Å². The van der Waals surface area contributed by atoms with Crippen LogP contribution in [0.25, 0.3) is 33.4 Å². The summed E-state index contributed by atoms with van der Waals surface area (Å²) in [4.78, 5) is 19.3. The molecule has 4 heteroatoms. The van der Waals surface area contributed by atoms with Crippen LogP contribution in [-0.2, 0) is 13.0 Å². The number of nitrogens with one attached hydrogen (secondary N) is 1. The molecule has 6 rings (SSSR count). The molecule has 1 amide bonds. The summed E-state index contributed by atoms with van der Waals surface area (Å²) in [6.45, 7) is 2.73. The molecular weight excluding hydrogens is 454 g/mol. The van der Waals surface area contributed by atoms with Gasteiger partial charge in [0.2, 0.25) is 0 Å². The molecule has 37 heavy (non-hydrogen) atoms. The number of aryl methyl sites for hydroxylation is 1. The van der Waals surface area contributed by atoms with E-state index in [0.29, 0.717) is 12.2 Å². The van der Waals surface area contributed by atoms with Gasteiger partial charge in [0, 0.05) is 17.7 Å². The van der Waals surface area contributed by atoms with Gasteiger partial charge in [-0.2, -0.15) is 0 Å². The molecule has 1 unspecified atom stereocenters. The minimum atomic E-state index is -0.0682. The molecule has 0 saturated carbocycles. The number of benzene rings is 4. The van der Waals surface area contributed by atoms with E-state index in [-0.39, 0.29) is 11.9 Å². The highest BCUT2D eigenvalue weighted by Crippen LogP contribution is 2.33. The normalized spacial score (nSPS) is 15.2. The van der Waals surface area contributed by atoms with Crippen LogP contribution < -0.4 is 5.32 Å². The van der Waals surface area contributed by atoms with Crippen molar-refractivity contribution in [3.63, 3.8) is 0 Å². The van der Waals surface area contributed by atoms with Crippen molar-refractivity contribution in [2.75, 3.05) is 0 Å². The van der Waals surface area contributed by atoms with E-state index in [1.807, 2.05) is 30.3 Å². The second-order valence-corrected chi connectivity index (χ2v) is 9.78. The third-order valence-electron chi connectivity index (χ3n) is 7.48. The van der Waals surface area contributed by atoms with Crippen molar-refractivity contribution in [3.05, 3.63) is 114 Å². The maximum absolute atomic E-state index is 14.1. The zero-order valence-corrected chi connectivity index (χ0v) is 21.2. The van der Waals surface area contributed by atoms with Crippen molar-refractivity contribution in [2.24, 2.45) is 0 Å². The van der Waals surface area contributed by atoms with Crippen molar-refractivity contribution in [1.29, 1.82) is 0 Å². The summed E-state index contributed by atoms with van der Waals surface area (Å²) in [6, 6.07) is 33.3. The third kappa shape index (κ3) is 4.44. The van der Waals surface area contributed by atoms with Gasteiger partial charge in [-0.05, 0) is 54.2 Å². The molecule has 1 N–H and O–H groups in total. The summed E-state index contributed by atoms with van der Waals surface area (Å²) in [5.41, 5.74) is 5.89. The van der Waals surface area contributed by atoms with Crippen LogP contribution in [0.1, 0.15) is 53.8 Å². The fourth-order valence-corrected chi connectivity index (χ4v) is 5.63. The Kier molecular flexibility index (Phi) is 6.32. The average Bonchev–Trinajstić information content (AvgIpc) is 3.23. The van der Waals surface area contributed by atoms with Gasteiger partial charge >= 0.3 is 0 Å². The highest BCUT2D eigenvalue weighted by Gasteiger charge is 2.27. The summed E-state index contributed by atoms with van der Waals surface area (Å²) in [5, 5.41) is 5.73. The van der Waals surface area contributed by atoms with Gasteiger partial charge in [-0.3, -0.25) is 4.79 Å². The van der Waals surface area contributed by atoms with Gasteiger partial charge in [0.05, 0.1) is 6.04 Å². The average molecular weight is 486 g/mol. The van der Waals surface area contributed by atoms with E-state index in [2.05, 4.69) is 83.5 Å². The number of rotatable bonds is 5. The molecule has 0 fully saturated rings. The van der Waals surface area contributed by atoms with Crippen LogP contribution >= 0.6 is 0 Å². The van der Waals surface area contributed by atoms with Gasteiger partial charge in [0.25, 0.3) is 5.91 Å². The summed E-state index contributed by atoms with van der Waals surface area (Å²) in [5.74, 6) is 0.749. The summed E-state index contributed by atoms with van der Waals surface area (Å²) >= 11 is 0. The lowest BCUT2D eigenvalue weighted by Crippen LogP contribution is -2.31. The monoisotopic (exact) mass is 485 g/mol. The number of hydrogen-bond donors (Lipinski definition) is 1. The third-order valence-corrected chi connectivity index (χ3v) is 7.48. The van der Waals surface area contributed by atoms with Crippen LogP contribution in [0.2, 0.25) is 0 Å². The van der Waals surface area contributed by atoms with E-state index >= 15 is 0 Å². The zero-order chi connectivity index (χ0) is 25.2. The van der Waals surface area contributed by atoms with Gasteiger partial charge in [-0.1, -0.05) is 97.4 Å². The summed E-state index contributed by atoms with van der Waals surface area (Å²) in [7, 11) is 0. The van der Waals surface area contributed by atoms with E-state index in [0.717, 1.165) is 53.7 Å². The summed E-state index contributed by atoms with van der Waals surface area (Å²) in [6.07, 6.45) is 4.26. The number of hydrogen-bond acceptors (Lipinski definition) is 2. The molecule has 5 aromatic rings. The number of fused-ring (bicyclic) bond motifs is 2. The zero-order valence-electron chi connectivity index (χ0n) is 21.2. The Balaban J connectivity index is 1.48. The first kappa shape index (κ1) is 23.2. The number of aromatic nitrogens is 2. The molecule has 1 aromatic heterocycles. The molecular formula is C33H31N3O. The van der Waals surface area contributed by atoms with Crippen LogP contribution in [0, 0.1) is 0 Å². The van der Waals surface area contributed by atoms with Gasteiger partial charge < -0.3 is 9.88 Å². The van der Waals surface area contributed by atoms with Crippen molar-refractivity contribution >= 4 is 16.7 Å². The molecule has 0 saturated heterocycles. The molecule has 1 heterocycles. The molecule has 0 radical (unpaired) electrons. The molecule has 0 spiro atoms. The van der Waals surface area contributed by atoms with Crippen molar-refractivity contribution < 1.29 is 4.79 Å².